The minimum atomic E-state index is -0.133. The first-order valence-electron chi connectivity index (χ1n) is 8.25. The molecule has 1 aliphatic rings. The summed E-state index contributed by atoms with van der Waals surface area (Å²) < 4.78 is 5.17. The molecule has 1 aliphatic heterocycles. The van der Waals surface area contributed by atoms with Crippen molar-refractivity contribution in [1.82, 2.24) is 4.98 Å². The third-order valence-corrected chi connectivity index (χ3v) is 4.83. The number of nitrogens with one attached hydrogen (secondary N) is 2. The number of methoxy groups -OCH3 is 1. The Morgan fingerprint density at radius 1 is 1.11 bits per heavy atom. The predicted molar refractivity (Wildman–Crippen MR) is 111 cm³/mol. The Balaban J connectivity index is 1.64. The first kappa shape index (κ1) is 17.0. The Hall–Kier alpha value is -3.45. The summed E-state index contributed by atoms with van der Waals surface area (Å²) in [6, 6.07) is 17.3. The second-order valence-corrected chi connectivity index (χ2v) is 6.78. The van der Waals surface area contributed by atoms with Crippen molar-refractivity contribution in [1.29, 1.82) is 0 Å². The van der Waals surface area contributed by atoms with E-state index in [1.165, 1.54) is 0 Å². The molecule has 0 unspecified atom stereocenters. The highest BCUT2D eigenvalue weighted by Crippen LogP contribution is 2.26. The fraction of sp³-hybridized carbons (Fsp3) is 0.0500. The van der Waals surface area contributed by atoms with Gasteiger partial charge in [-0.2, -0.15) is 5.10 Å². The topological polar surface area (TPSA) is 78.8 Å². The fourth-order valence-electron chi connectivity index (χ4n) is 2.69. The van der Waals surface area contributed by atoms with E-state index < -0.39 is 0 Å². The lowest BCUT2D eigenvalue weighted by atomic mass is 10.0. The van der Waals surface area contributed by atoms with Gasteiger partial charge < -0.3 is 10.1 Å². The van der Waals surface area contributed by atoms with Crippen LogP contribution >= 0.6 is 11.3 Å². The number of benzene rings is 2. The minimum absolute atomic E-state index is 0.133. The molecule has 0 fully saturated rings. The van der Waals surface area contributed by atoms with Crippen molar-refractivity contribution >= 4 is 40.8 Å². The summed E-state index contributed by atoms with van der Waals surface area (Å²) in [6.07, 6.45) is 3.61. The summed E-state index contributed by atoms with van der Waals surface area (Å²) in [4.78, 5) is 15.4. The maximum Gasteiger partial charge on any atom is 0.306 e. The lowest BCUT2D eigenvalue weighted by Crippen LogP contribution is -2.02. The van der Waals surface area contributed by atoms with Gasteiger partial charge in [0.2, 0.25) is 0 Å². The summed E-state index contributed by atoms with van der Waals surface area (Å²) in [5.41, 5.74) is 3.47. The van der Waals surface area contributed by atoms with Gasteiger partial charge in [-0.1, -0.05) is 41.7 Å². The molecule has 2 aromatic carbocycles. The number of ether oxygens (including phenoxy) is 1. The number of nitrogens with zero attached hydrogens (tertiary/aromatic N) is 2. The average molecular weight is 376 g/mol. The third kappa shape index (κ3) is 3.73. The Morgan fingerprint density at radius 2 is 1.89 bits per heavy atom. The van der Waals surface area contributed by atoms with Gasteiger partial charge in [0.15, 0.2) is 0 Å². The molecule has 0 saturated carbocycles. The Bertz CT molecular complexity index is 1090. The van der Waals surface area contributed by atoms with Crippen molar-refractivity contribution in [3.8, 4) is 5.75 Å². The molecule has 0 saturated heterocycles. The maximum absolute atomic E-state index is 11.9. The van der Waals surface area contributed by atoms with Gasteiger partial charge in [-0.05, 0) is 30.3 Å². The molecule has 0 aliphatic carbocycles. The predicted octanol–water partition coefficient (Wildman–Crippen LogP) is 4.06. The molecule has 0 radical (unpaired) electrons. The van der Waals surface area contributed by atoms with Crippen LogP contribution in [-0.2, 0) is 0 Å². The van der Waals surface area contributed by atoms with Crippen LogP contribution in [0.1, 0.15) is 10.4 Å². The quantitative estimate of drug-likeness (QED) is 0.705. The van der Waals surface area contributed by atoms with E-state index in [-0.39, 0.29) is 4.87 Å². The van der Waals surface area contributed by atoms with Crippen LogP contribution < -0.4 is 14.9 Å². The smallest absolute Gasteiger partial charge is 0.306 e. The van der Waals surface area contributed by atoms with Crippen molar-refractivity contribution in [3.63, 3.8) is 0 Å². The molecule has 6 nitrogen and oxygen atoms in total. The van der Waals surface area contributed by atoms with Crippen LogP contribution in [0.3, 0.4) is 0 Å². The summed E-state index contributed by atoms with van der Waals surface area (Å²) >= 11 is 1.13. The van der Waals surface area contributed by atoms with E-state index >= 15 is 0 Å². The molecule has 0 amide bonds. The van der Waals surface area contributed by atoms with E-state index in [1.807, 2.05) is 60.7 Å². The SMILES string of the molecule is COc1ccc(Nc2[nH]c(=O)sc2/C=C2\C=NN=C2c2ccccc2)cc1. The molecule has 0 bridgehead atoms. The lowest BCUT2D eigenvalue weighted by Gasteiger charge is -2.07. The summed E-state index contributed by atoms with van der Waals surface area (Å²) in [5.74, 6) is 1.41. The van der Waals surface area contributed by atoms with Crippen molar-refractivity contribution in [3.05, 3.63) is 80.3 Å². The highest BCUT2D eigenvalue weighted by atomic mass is 32.1. The maximum atomic E-state index is 11.9. The first-order chi connectivity index (χ1) is 13.2. The van der Waals surface area contributed by atoms with Crippen molar-refractivity contribution < 1.29 is 4.74 Å². The van der Waals surface area contributed by atoms with Gasteiger partial charge in [-0.15, -0.1) is 5.10 Å². The zero-order valence-corrected chi connectivity index (χ0v) is 15.3. The molecule has 7 heteroatoms. The average Bonchev–Trinajstić information content (AvgIpc) is 3.30. The zero-order chi connectivity index (χ0) is 18.6. The number of rotatable bonds is 5. The van der Waals surface area contributed by atoms with Gasteiger partial charge in [0.1, 0.15) is 17.3 Å². The lowest BCUT2D eigenvalue weighted by molar-refractivity contribution is 0.415. The van der Waals surface area contributed by atoms with E-state index in [0.717, 1.165) is 44.5 Å². The highest BCUT2D eigenvalue weighted by Gasteiger charge is 2.15. The third-order valence-electron chi connectivity index (χ3n) is 4.00. The van der Waals surface area contributed by atoms with Crippen LogP contribution in [0.25, 0.3) is 6.08 Å². The molecule has 0 atom stereocenters. The molecule has 3 aromatic rings. The second kappa shape index (κ2) is 7.43. The van der Waals surface area contributed by atoms with E-state index in [4.69, 9.17) is 4.74 Å². The second-order valence-electron chi connectivity index (χ2n) is 5.77. The summed E-state index contributed by atoms with van der Waals surface area (Å²) in [7, 11) is 1.62. The fourth-order valence-corrected chi connectivity index (χ4v) is 3.43. The van der Waals surface area contributed by atoms with Crippen molar-refractivity contribution in [2.75, 3.05) is 12.4 Å². The number of allylic oxidation sites excluding steroid dienone is 1. The number of aromatic amines is 1. The van der Waals surface area contributed by atoms with Gasteiger partial charge in [0.25, 0.3) is 0 Å². The molecule has 2 N–H and O–H groups in total. The van der Waals surface area contributed by atoms with Crippen LogP contribution in [0, 0.1) is 0 Å². The van der Waals surface area contributed by atoms with Crippen LogP contribution in [0.2, 0.25) is 0 Å². The molecular formula is C20H16N4O2S. The van der Waals surface area contributed by atoms with Crippen LogP contribution in [0.15, 0.2) is 75.2 Å². The van der Waals surface area contributed by atoms with Crippen LogP contribution in [0.4, 0.5) is 11.5 Å². The van der Waals surface area contributed by atoms with Gasteiger partial charge in [0.05, 0.1) is 18.2 Å². The first-order valence-corrected chi connectivity index (χ1v) is 9.07. The summed E-state index contributed by atoms with van der Waals surface area (Å²) in [5, 5.41) is 11.5. The minimum Gasteiger partial charge on any atom is -0.497 e. The van der Waals surface area contributed by atoms with Gasteiger partial charge in [-0.25, -0.2) is 0 Å². The number of anilines is 2. The van der Waals surface area contributed by atoms with Gasteiger partial charge in [-0.3, -0.25) is 9.78 Å². The van der Waals surface area contributed by atoms with Crippen molar-refractivity contribution in [2.24, 2.45) is 10.2 Å². The monoisotopic (exact) mass is 376 g/mol. The molecule has 134 valence electrons. The van der Waals surface area contributed by atoms with Gasteiger partial charge in [0, 0.05) is 16.8 Å². The number of H-pyrrole nitrogens is 1. The van der Waals surface area contributed by atoms with Crippen LogP contribution in [0.5, 0.6) is 5.75 Å². The molecule has 27 heavy (non-hydrogen) atoms. The Labute approximate surface area is 159 Å². The summed E-state index contributed by atoms with van der Waals surface area (Å²) in [6.45, 7) is 0. The zero-order valence-electron chi connectivity index (χ0n) is 14.5. The highest BCUT2D eigenvalue weighted by molar-refractivity contribution is 7.10. The van der Waals surface area contributed by atoms with E-state index in [0.29, 0.717) is 5.82 Å². The molecule has 4 rings (SSSR count). The molecule has 1 aromatic heterocycles. The van der Waals surface area contributed by atoms with Crippen LogP contribution in [-0.4, -0.2) is 24.0 Å². The number of thiazole rings is 1. The standard InChI is InChI=1S/C20H16N4O2S/c1-26-16-9-7-15(8-10-16)22-19-17(27-20(25)23-19)11-14-12-21-24-18(14)13-5-3-2-4-6-13/h2-12,22H,1H3,(H,23,25)/b14-11+. The molecule has 0 spiro atoms. The van der Waals surface area contributed by atoms with E-state index in [9.17, 15) is 4.79 Å². The number of hydrogen-bond donors (Lipinski definition) is 2. The van der Waals surface area contributed by atoms with E-state index in [2.05, 4.69) is 20.5 Å². The number of hydrogen-bond acceptors (Lipinski definition) is 6. The van der Waals surface area contributed by atoms with Gasteiger partial charge >= 0.3 is 4.87 Å². The molecular weight excluding hydrogens is 360 g/mol. The number of aromatic nitrogens is 1. The largest absolute Gasteiger partial charge is 0.497 e. The Morgan fingerprint density at radius 3 is 2.63 bits per heavy atom. The van der Waals surface area contributed by atoms with Crippen molar-refractivity contribution in [2.45, 2.75) is 0 Å². The van der Waals surface area contributed by atoms with E-state index in [1.54, 1.807) is 13.3 Å². The normalized spacial score (nSPS) is 14.4. The molecule has 2 heterocycles. The Kier molecular flexibility index (Phi) is 4.67.